The summed E-state index contributed by atoms with van der Waals surface area (Å²) < 4.78 is 11.1. The molecule has 0 fully saturated rings. The van der Waals surface area contributed by atoms with Gasteiger partial charge in [0.15, 0.2) is 6.29 Å². The molecule has 0 aromatic carbocycles. The number of hydrogen-bond donors (Lipinski definition) is 0. The van der Waals surface area contributed by atoms with E-state index in [1.807, 2.05) is 13.8 Å². The van der Waals surface area contributed by atoms with Crippen molar-refractivity contribution in [3.8, 4) is 0 Å². The van der Waals surface area contributed by atoms with Gasteiger partial charge in [0.1, 0.15) is 0 Å². The lowest BCUT2D eigenvalue weighted by molar-refractivity contribution is -0.140. The van der Waals surface area contributed by atoms with Crippen LogP contribution < -0.4 is 0 Å². The van der Waals surface area contributed by atoms with Gasteiger partial charge in [0.2, 0.25) is 0 Å². The van der Waals surface area contributed by atoms with Gasteiger partial charge in [-0.2, -0.15) is 0 Å². The Bertz CT molecular complexity index is 286. The average molecular weight is 309 g/mol. The first-order chi connectivity index (χ1) is 10.8. The topological polar surface area (TPSA) is 18.5 Å². The molecule has 0 aliphatic heterocycles. The third kappa shape index (κ3) is 15.5. The Balaban J connectivity index is 3.42. The fraction of sp³-hybridized carbons (Fsp3) is 0.700. The molecule has 0 aromatic heterocycles. The first-order valence-electron chi connectivity index (χ1n) is 9.04. The van der Waals surface area contributed by atoms with Crippen LogP contribution in [0.2, 0.25) is 0 Å². The molecule has 0 aliphatic carbocycles. The molecule has 0 spiro atoms. The molecule has 0 saturated heterocycles. The second kappa shape index (κ2) is 18.2. The molecule has 0 aliphatic rings. The summed E-state index contributed by atoms with van der Waals surface area (Å²) in [5.74, 6) is 0. The molecule has 0 bridgehead atoms. The molecule has 0 unspecified atom stereocenters. The van der Waals surface area contributed by atoms with Crippen LogP contribution >= 0.6 is 0 Å². The molecule has 0 N–H and O–H groups in total. The normalized spacial score (nSPS) is 12.5. The van der Waals surface area contributed by atoms with Crippen molar-refractivity contribution < 1.29 is 9.47 Å². The maximum atomic E-state index is 5.54. The predicted molar refractivity (Wildman–Crippen MR) is 97.1 cm³/mol. The van der Waals surface area contributed by atoms with Crippen molar-refractivity contribution in [2.45, 2.75) is 78.4 Å². The number of unbranched alkanes of at least 4 members (excludes halogenated alkanes) is 4. The number of ether oxygens (including phenoxy) is 2. The van der Waals surface area contributed by atoms with Crippen molar-refractivity contribution in [2.24, 2.45) is 0 Å². The average Bonchev–Trinajstić information content (AvgIpc) is 2.52. The van der Waals surface area contributed by atoms with Crippen LogP contribution in [0.5, 0.6) is 0 Å². The Morgan fingerprint density at radius 3 is 2.00 bits per heavy atom. The van der Waals surface area contributed by atoms with Crippen molar-refractivity contribution >= 4 is 0 Å². The summed E-state index contributed by atoms with van der Waals surface area (Å²) in [4.78, 5) is 0. The molecule has 0 aromatic rings. The summed E-state index contributed by atoms with van der Waals surface area (Å²) in [5.41, 5.74) is 0. The highest BCUT2D eigenvalue weighted by molar-refractivity contribution is 5.02. The quantitative estimate of drug-likeness (QED) is 0.155. The molecule has 2 heteroatoms. The SMILES string of the molecule is CC/C=C/C=C/CC/C=C/CCCCCC(OCC)OCC. The number of allylic oxidation sites excluding steroid dienone is 6. The standard InChI is InChI=1S/C20H36O2/c1-4-7-8-9-10-11-12-13-14-15-16-17-18-19-20(21-5-2)22-6-3/h7-10,13-14,20H,4-6,11-12,15-19H2,1-3H3/b8-7+,10-9+,14-13+. The first-order valence-corrected chi connectivity index (χ1v) is 9.04. The number of rotatable bonds is 15. The van der Waals surface area contributed by atoms with E-state index >= 15 is 0 Å². The summed E-state index contributed by atoms with van der Waals surface area (Å²) in [5, 5.41) is 0. The Morgan fingerprint density at radius 1 is 0.682 bits per heavy atom. The van der Waals surface area contributed by atoms with E-state index < -0.39 is 0 Å². The summed E-state index contributed by atoms with van der Waals surface area (Å²) in [6.45, 7) is 7.66. The lowest BCUT2D eigenvalue weighted by atomic mass is 10.1. The summed E-state index contributed by atoms with van der Waals surface area (Å²) in [6.07, 6.45) is 22.6. The van der Waals surface area contributed by atoms with Crippen LogP contribution in [0.1, 0.15) is 72.1 Å². The molecule has 0 saturated carbocycles. The fourth-order valence-corrected chi connectivity index (χ4v) is 2.15. The Morgan fingerprint density at radius 2 is 1.32 bits per heavy atom. The van der Waals surface area contributed by atoms with Crippen molar-refractivity contribution in [1.29, 1.82) is 0 Å². The molecule has 0 heterocycles. The van der Waals surface area contributed by atoms with Gasteiger partial charge in [-0.3, -0.25) is 0 Å². The van der Waals surface area contributed by atoms with Crippen LogP contribution in [-0.2, 0) is 9.47 Å². The van der Waals surface area contributed by atoms with Crippen LogP contribution in [0.15, 0.2) is 36.5 Å². The second-order valence-corrected chi connectivity index (χ2v) is 5.29. The predicted octanol–water partition coefficient (Wildman–Crippen LogP) is 6.19. The van der Waals surface area contributed by atoms with E-state index in [9.17, 15) is 0 Å². The van der Waals surface area contributed by atoms with E-state index in [-0.39, 0.29) is 6.29 Å². The van der Waals surface area contributed by atoms with Crippen LogP contribution in [0, 0.1) is 0 Å². The van der Waals surface area contributed by atoms with E-state index in [4.69, 9.17) is 9.47 Å². The zero-order valence-corrected chi connectivity index (χ0v) is 14.9. The lowest BCUT2D eigenvalue weighted by Crippen LogP contribution is -2.17. The molecular formula is C20H36O2. The van der Waals surface area contributed by atoms with Crippen LogP contribution in [0.25, 0.3) is 0 Å². The van der Waals surface area contributed by atoms with Crippen molar-refractivity contribution in [3.05, 3.63) is 36.5 Å². The van der Waals surface area contributed by atoms with Crippen molar-refractivity contribution in [3.63, 3.8) is 0 Å². The zero-order valence-electron chi connectivity index (χ0n) is 14.9. The van der Waals surface area contributed by atoms with Crippen LogP contribution in [0.4, 0.5) is 0 Å². The Hall–Kier alpha value is -0.860. The van der Waals surface area contributed by atoms with Gasteiger partial charge in [-0.25, -0.2) is 0 Å². The lowest BCUT2D eigenvalue weighted by Gasteiger charge is -2.16. The molecule has 2 nitrogen and oxygen atoms in total. The highest BCUT2D eigenvalue weighted by Gasteiger charge is 2.06. The minimum absolute atomic E-state index is 0.000845. The maximum absolute atomic E-state index is 5.54. The second-order valence-electron chi connectivity index (χ2n) is 5.29. The molecule has 0 rings (SSSR count). The van der Waals surface area contributed by atoms with Crippen molar-refractivity contribution in [1.82, 2.24) is 0 Å². The highest BCUT2D eigenvalue weighted by Crippen LogP contribution is 2.10. The van der Waals surface area contributed by atoms with Gasteiger partial charge in [0.05, 0.1) is 0 Å². The maximum Gasteiger partial charge on any atom is 0.157 e. The van der Waals surface area contributed by atoms with Crippen LogP contribution in [0.3, 0.4) is 0 Å². The summed E-state index contributed by atoms with van der Waals surface area (Å²) in [6, 6.07) is 0. The molecular weight excluding hydrogens is 272 g/mol. The third-order valence-electron chi connectivity index (χ3n) is 3.30. The minimum atomic E-state index is -0.000845. The smallest absolute Gasteiger partial charge is 0.157 e. The van der Waals surface area contributed by atoms with Gasteiger partial charge in [0, 0.05) is 13.2 Å². The van der Waals surface area contributed by atoms with E-state index in [2.05, 4.69) is 43.4 Å². The van der Waals surface area contributed by atoms with E-state index in [1.54, 1.807) is 0 Å². The molecule has 22 heavy (non-hydrogen) atoms. The van der Waals surface area contributed by atoms with E-state index in [0.29, 0.717) is 0 Å². The summed E-state index contributed by atoms with van der Waals surface area (Å²) in [7, 11) is 0. The monoisotopic (exact) mass is 308 g/mol. The Labute approximate surface area is 138 Å². The van der Waals surface area contributed by atoms with Crippen LogP contribution in [-0.4, -0.2) is 19.5 Å². The molecule has 0 radical (unpaired) electrons. The van der Waals surface area contributed by atoms with Gasteiger partial charge < -0.3 is 9.47 Å². The molecule has 0 atom stereocenters. The first kappa shape index (κ1) is 21.1. The van der Waals surface area contributed by atoms with Gasteiger partial charge in [-0.15, -0.1) is 0 Å². The molecule has 128 valence electrons. The van der Waals surface area contributed by atoms with Gasteiger partial charge in [0.25, 0.3) is 0 Å². The van der Waals surface area contributed by atoms with E-state index in [1.165, 1.54) is 25.7 Å². The van der Waals surface area contributed by atoms with Gasteiger partial charge in [-0.05, 0) is 58.8 Å². The fourth-order valence-electron chi connectivity index (χ4n) is 2.15. The highest BCUT2D eigenvalue weighted by atomic mass is 16.7. The van der Waals surface area contributed by atoms with Gasteiger partial charge >= 0.3 is 0 Å². The summed E-state index contributed by atoms with van der Waals surface area (Å²) >= 11 is 0. The van der Waals surface area contributed by atoms with Gasteiger partial charge in [-0.1, -0.05) is 49.8 Å². The van der Waals surface area contributed by atoms with E-state index in [0.717, 1.165) is 38.9 Å². The third-order valence-corrected chi connectivity index (χ3v) is 3.30. The number of hydrogen-bond acceptors (Lipinski definition) is 2. The Kier molecular flexibility index (Phi) is 17.5. The largest absolute Gasteiger partial charge is 0.353 e. The zero-order chi connectivity index (χ0) is 16.3. The minimum Gasteiger partial charge on any atom is -0.353 e. The van der Waals surface area contributed by atoms with Crippen molar-refractivity contribution in [2.75, 3.05) is 13.2 Å². The molecule has 0 amide bonds.